The number of amides is 1. The summed E-state index contributed by atoms with van der Waals surface area (Å²) in [6.07, 6.45) is 1.34. The van der Waals surface area contributed by atoms with Gasteiger partial charge in [0.25, 0.3) is 5.91 Å². The van der Waals surface area contributed by atoms with Gasteiger partial charge >= 0.3 is 0 Å². The molecule has 0 bridgehead atoms. The molecule has 1 heterocycles. The van der Waals surface area contributed by atoms with Crippen LogP contribution in [0.15, 0.2) is 79.1 Å². The molecule has 0 aliphatic rings. The maximum absolute atomic E-state index is 13.5. The summed E-state index contributed by atoms with van der Waals surface area (Å²) < 4.78 is 30.0. The molecule has 1 amide bonds. The number of nitrogens with zero attached hydrogens (tertiary/aromatic N) is 2. The van der Waals surface area contributed by atoms with Gasteiger partial charge in [0.05, 0.1) is 19.9 Å². The van der Waals surface area contributed by atoms with Crippen LogP contribution in [0.2, 0.25) is 0 Å². The summed E-state index contributed by atoms with van der Waals surface area (Å²) in [5.41, 5.74) is 2.33. The van der Waals surface area contributed by atoms with Gasteiger partial charge in [0.1, 0.15) is 29.4 Å². The summed E-state index contributed by atoms with van der Waals surface area (Å²) in [5.74, 6) is 1.38. The van der Waals surface area contributed by atoms with Gasteiger partial charge in [-0.15, -0.1) is 0 Å². The van der Waals surface area contributed by atoms with Gasteiger partial charge in [-0.1, -0.05) is 18.2 Å². The first-order valence-electron chi connectivity index (χ1n) is 10.4. The predicted octanol–water partition coefficient (Wildman–Crippen LogP) is 5.02. The molecule has 3 aromatic carbocycles. The first-order chi connectivity index (χ1) is 16.6. The minimum absolute atomic E-state index is 0.257. The van der Waals surface area contributed by atoms with Gasteiger partial charge in [-0.3, -0.25) is 4.79 Å². The van der Waals surface area contributed by atoms with E-state index in [1.54, 1.807) is 68.8 Å². The third kappa shape index (κ3) is 5.47. The molecule has 0 aliphatic carbocycles. The number of carbonyl (C=O) groups excluding carboxylic acids is 1. The summed E-state index contributed by atoms with van der Waals surface area (Å²) >= 11 is 0. The molecule has 172 valence electrons. The van der Waals surface area contributed by atoms with Crippen molar-refractivity contribution in [2.75, 3.05) is 14.2 Å². The van der Waals surface area contributed by atoms with Gasteiger partial charge in [-0.2, -0.15) is 0 Å². The van der Waals surface area contributed by atoms with Gasteiger partial charge in [-0.25, -0.2) is 14.4 Å². The predicted molar refractivity (Wildman–Crippen MR) is 125 cm³/mol. The number of benzene rings is 3. The van der Waals surface area contributed by atoms with Crippen LogP contribution >= 0.6 is 0 Å². The lowest BCUT2D eigenvalue weighted by Crippen LogP contribution is -2.23. The van der Waals surface area contributed by atoms with E-state index in [0.717, 1.165) is 5.56 Å². The molecule has 0 aliphatic heterocycles. The van der Waals surface area contributed by atoms with Crippen molar-refractivity contribution >= 4 is 5.91 Å². The summed E-state index contributed by atoms with van der Waals surface area (Å²) in [5, 5.41) is 2.88. The van der Waals surface area contributed by atoms with E-state index in [0.29, 0.717) is 34.1 Å². The van der Waals surface area contributed by atoms with Gasteiger partial charge in [0.2, 0.25) is 5.88 Å². The average Bonchev–Trinajstić information content (AvgIpc) is 2.87. The lowest BCUT2D eigenvalue weighted by Gasteiger charge is -2.12. The van der Waals surface area contributed by atoms with Crippen LogP contribution in [0.25, 0.3) is 11.3 Å². The van der Waals surface area contributed by atoms with Crippen molar-refractivity contribution in [2.45, 2.75) is 6.54 Å². The van der Waals surface area contributed by atoms with Gasteiger partial charge in [0.15, 0.2) is 0 Å². The third-order valence-electron chi connectivity index (χ3n) is 5.01. The second-order valence-corrected chi connectivity index (χ2v) is 7.24. The summed E-state index contributed by atoms with van der Waals surface area (Å²) in [4.78, 5) is 21.0. The lowest BCUT2D eigenvalue weighted by molar-refractivity contribution is 0.0950. The molecule has 7 nitrogen and oxygen atoms in total. The zero-order chi connectivity index (χ0) is 23.9. The fourth-order valence-corrected chi connectivity index (χ4v) is 3.32. The molecule has 1 N–H and O–H groups in total. The van der Waals surface area contributed by atoms with Crippen LogP contribution < -0.4 is 19.5 Å². The van der Waals surface area contributed by atoms with E-state index in [1.165, 1.54) is 18.5 Å². The zero-order valence-corrected chi connectivity index (χ0v) is 18.6. The standard InChI is InChI=1S/C26H22FN3O4/c1-32-21-9-10-24(33-2)19(13-21)15-28-26(31)18-6-4-8-22(12-18)34-25-14-23(29-16-30-25)17-5-3-7-20(27)11-17/h3-14,16H,15H2,1-2H3,(H,28,31). The normalized spacial score (nSPS) is 10.4. The van der Waals surface area contributed by atoms with E-state index in [4.69, 9.17) is 14.2 Å². The number of nitrogens with one attached hydrogen (secondary N) is 1. The Morgan fingerprint density at radius 3 is 2.56 bits per heavy atom. The van der Waals surface area contributed by atoms with Crippen LogP contribution in [0.4, 0.5) is 4.39 Å². The van der Waals surface area contributed by atoms with Crippen LogP contribution in [0.3, 0.4) is 0 Å². The van der Waals surface area contributed by atoms with Crippen molar-refractivity contribution in [3.05, 3.63) is 96.1 Å². The Morgan fingerprint density at radius 2 is 1.76 bits per heavy atom. The molecule has 8 heteroatoms. The molecule has 0 atom stereocenters. The summed E-state index contributed by atoms with van der Waals surface area (Å²) in [6.45, 7) is 0.257. The van der Waals surface area contributed by atoms with Crippen molar-refractivity contribution < 1.29 is 23.4 Å². The zero-order valence-electron chi connectivity index (χ0n) is 18.6. The summed E-state index contributed by atoms with van der Waals surface area (Å²) in [6, 6.07) is 19.8. The first-order valence-corrected chi connectivity index (χ1v) is 10.4. The highest BCUT2D eigenvalue weighted by atomic mass is 19.1. The van der Waals surface area contributed by atoms with Crippen molar-refractivity contribution in [1.82, 2.24) is 15.3 Å². The van der Waals surface area contributed by atoms with Gasteiger partial charge in [0, 0.05) is 29.3 Å². The molecular weight excluding hydrogens is 437 g/mol. The minimum Gasteiger partial charge on any atom is -0.497 e. The summed E-state index contributed by atoms with van der Waals surface area (Å²) in [7, 11) is 3.15. The van der Waals surface area contributed by atoms with Crippen molar-refractivity contribution in [1.29, 1.82) is 0 Å². The number of carbonyl (C=O) groups is 1. The second-order valence-electron chi connectivity index (χ2n) is 7.24. The molecule has 0 spiro atoms. The molecule has 0 fully saturated rings. The molecular formula is C26H22FN3O4. The molecule has 0 radical (unpaired) electrons. The second kappa shape index (κ2) is 10.4. The number of hydrogen-bond acceptors (Lipinski definition) is 6. The third-order valence-corrected chi connectivity index (χ3v) is 5.01. The smallest absolute Gasteiger partial charge is 0.251 e. The first kappa shape index (κ1) is 22.7. The number of hydrogen-bond donors (Lipinski definition) is 1. The van der Waals surface area contributed by atoms with E-state index >= 15 is 0 Å². The Bertz CT molecular complexity index is 1310. The molecule has 0 unspecified atom stereocenters. The number of rotatable bonds is 8. The van der Waals surface area contributed by atoms with E-state index in [2.05, 4.69) is 15.3 Å². The highest BCUT2D eigenvalue weighted by molar-refractivity contribution is 5.94. The number of ether oxygens (including phenoxy) is 3. The van der Waals surface area contributed by atoms with Crippen LogP contribution in [0.1, 0.15) is 15.9 Å². The molecule has 0 saturated heterocycles. The highest BCUT2D eigenvalue weighted by Gasteiger charge is 2.11. The van der Waals surface area contributed by atoms with E-state index < -0.39 is 0 Å². The van der Waals surface area contributed by atoms with Crippen LogP contribution in [0.5, 0.6) is 23.1 Å². The van der Waals surface area contributed by atoms with Crippen molar-refractivity contribution in [2.24, 2.45) is 0 Å². The van der Waals surface area contributed by atoms with Crippen LogP contribution in [-0.4, -0.2) is 30.1 Å². The average molecular weight is 459 g/mol. The highest BCUT2D eigenvalue weighted by Crippen LogP contribution is 2.26. The number of halogens is 1. The molecule has 1 aromatic heterocycles. The Kier molecular flexibility index (Phi) is 6.98. The maximum atomic E-state index is 13.5. The quantitative estimate of drug-likeness (QED) is 0.398. The fraction of sp³-hybridized carbons (Fsp3) is 0.115. The monoisotopic (exact) mass is 459 g/mol. The Balaban J connectivity index is 1.46. The maximum Gasteiger partial charge on any atom is 0.251 e. The lowest BCUT2D eigenvalue weighted by atomic mass is 10.1. The van der Waals surface area contributed by atoms with E-state index in [1.807, 2.05) is 6.07 Å². The van der Waals surface area contributed by atoms with Gasteiger partial charge < -0.3 is 19.5 Å². The molecule has 4 aromatic rings. The van der Waals surface area contributed by atoms with Crippen LogP contribution in [0, 0.1) is 5.82 Å². The Morgan fingerprint density at radius 1 is 0.912 bits per heavy atom. The number of methoxy groups -OCH3 is 2. The molecule has 34 heavy (non-hydrogen) atoms. The minimum atomic E-state index is -0.358. The van der Waals surface area contributed by atoms with E-state index in [-0.39, 0.29) is 24.1 Å². The van der Waals surface area contributed by atoms with Gasteiger partial charge in [-0.05, 0) is 48.5 Å². The Hall–Kier alpha value is -4.46. The fourth-order valence-electron chi connectivity index (χ4n) is 3.32. The SMILES string of the molecule is COc1ccc(OC)c(CNC(=O)c2cccc(Oc3cc(-c4cccc(F)c4)ncn3)c2)c1. The molecule has 4 rings (SSSR count). The Labute approximate surface area is 196 Å². The van der Waals surface area contributed by atoms with E-state index in [9.17, 15) is 9.18 Å². The topological polar surface area (TPSA) is 82.6 Å². The van der Waals surface area contributed by atoms with Crippen molar-refractivity contribution in [3.8, 4) is 34.4 Å². The van der Waals surface area contributed by atoms with Crippen LogP contribution in [-0.2, 0) is 6.54 Å². The largest absolute Gasteiger partial charge is 0.497 e. The van der Waals surface area contributed by atoms with Crippen molar-refractivity contribution in [3.63, 3.8) is 0 Å². The number of aromatic nitrogens is 2. The molecule has 0 saturated carbocycles.